The molecule has 2 heteroatoms. The van der Waals surface area contributed by atoms with Crippen LogP contribution in [0.15, 0.2) is 24.3 Å². The first-order valence-electron chi connectivity index (χ1n) is 7.64. The van der Waals surface area contributed by atoms with E-state index < -0.39 is 0 Å². The number of likely N-dealkylation sites (N-methyl/N-ethyl adjacent to an activating group) is 1. The third-order valence-electron chi connectivity index (χ3n) is 3.51. The lowest BCUT2D eigenvalue weighted by atomic mass is 9.96. The molecule has 2 atom stereocenters. The molecule has 0 bridgehead atoms. The standard InChI is InChI=1S/C17H29NO/c1-5-8-14-10-12-15(13-11-14)17(18-4)16(9-6-2)19-7-3/h10-13,16-18H,5-9H2,1-4H3. The van der Waals surface area contributed by atoms with Crippen LogP contribution in [-0.2, 0) is 11.2 Å². The van der Waals surface area contributed by atoms with E-state index in [0.717, 1.165) is 25.9 Å². The van der Waals surface area contributed by atoms with Gasteiger partial charge >= 0.3 is 0 Å². The molecule has 0 saturated heterocycles. The van der Waals surface area contributed by atoms with Gasteiger partial charge in [-0.25, -0.2) is 0 Å². The molecule has 1 rings (SSSR count). The summed E-state index contributed by atoms with van der Waals surface area (Å²) in [4.78, 5) is 0. The van der Waals surface area contributed by atoms with Crippen molar-refractivity contribution in [1.29, 1.82) is 0 Å². The predicted octanol–water partition coefficient (Wildman–Crippen LogP) is 4.10. The van der Waals surface area contributed by atoms with E-state index in [-0.39, 0.29) is 12.1 Å². The van der Waals surface area contributed by atoms with Crippen molar-refractivity contribution >= 4 is 0 Å². The topological polar surface area (TPSA) is 21.3 Å². The molecule has 0 aliphatic heterocycles. The third-order valence-corrected chi connectivity index (χ3v) is 3.51. The van der Waals surface area contributed by atoms with Gasteiger partial charge in [-0.15, -0.1) is 0 Å². The first-order chi connectivity index (χ1) is 9.26. The Morgan fingerprint density at radius 3 is 2.21 bits per heavy atom. The summed E-state index contributed by atoms with van der Waals surface area (Å²) in [5.74, 6) is 0. The van der Waals surface area contributed by atoms with Gasteiger partial charge in [-0.1, -0.05) is 51.0 Å². The fourth-order valence-electron chi connectivity index (χ4n) is 2.59. The van der Waals surface area contributed by atoms with E-state index >= 15 is 0 Å². The fraction of sp³-hybridized carbons (Fsp3) is 0.647. The lowest BCUT2D eigenvalue weighted by Crippen LogP contribution is -2.31. The van der Waals surface area contributed by atoms with E-state index in [2.05, 4.69) is 50.4 Å². The summed E-state index contributed by atoms with van der Waals surface area (Å²) < 4.78 is 5.91. The lowest BCUT2D eigenvalue weighted by molar-refractivity contribution is 0.0295. The van der Waals surface area contributed by atoms with Gasteiger partial charge in [0.2, 0.25) is 0 Å². The number of benzene rings is 1. The van der Waals surface area contributed by atoms with Crippen molar-refractivity contribution in [2.45, 2.75) is 58.6 Å². The average Bonchev–Trinajstić information content (AvgIpc) is 2.42. The summed E-state index contributed by atoms with van der Waals surface area (Å²) in [6, 6.07) is 9.27. The largest absolute Gasteiger partial charge is 0.377 e. The van der Waals surface area contributed by atoms with Gasteiger partial charge in [-0.05, 0) is 37.9 Å². The van der Waals surface area contributed by atoms with Gasteiger partial charge in [0.25, 0.3) is 0 Å². The Balaban J connectivity index is 2.81. The molecule has 1 N–H and O–H groups in total. The number of aryl methyl sites for hydroxylation is 1. The van der Waals surface area contributed by atoms with Crippen LogP contribution in [0, 0.1) is 0 Å². The van der Waals surface area contributed by atoms with E-state index in [0.29, 0.717) is 0 Å². The highest BCUT2D eigenvalue weighted by Gasteiger charge is 2.21. The van der Waals surface area contributed by atoms with E-state index in [1.165, 1.54) is 17.5 Å². The minimum atomic E-state index is 0.261. The molecule has 0 amide bonds. The Morgan fingerprint density at radius 1 is 1.05 bits per heavy atom. The molecule has 0 aromatic heterocycles. The van der Waals surface area contributed by atoms with Crippen molar-refractivity contribution in [2.75, 3.05) is 13.7 Å². The Hall–Kier alpha value is -0.860. The van der Waals surface area contributed by atoms with Crippen LogP contribution in [0.3, 0.4) is 0 Å². The molecule has 0 saturated carbocycles. The maximum absolute atomic E-state index is 5.91. The van der Waals surface area contributed by atoms with Crippen molar-refractivity contribution in [2.24, 2.45) is 0 Å². The van der Waals surface area contributed by atoms with Crippen LogP contribution < -0.4 is 5.32 Å². The second-order valence-corrected chi connectivity index (χ2v) is 5.04. The van der Waals surface area contributed by atoms with Gasteiger partial charge < -0.3 is 10.1 Å². The maximum atomic E-state index is 5.91. The fourth-order valence-corrected chi connectivity index (χ4v) is 2.59. The van der Waals surface area contributed by atoms with Crippen LogP contribution in [0.2, 0.25) is 0 Å². The molecule has 1 aromatic rings. The second-order valence-electron chi connectivity index (χ2n) is 5.04. The molecule has 2 unspecified atom stereocenters. The van der Waals surface area contributed by atoms with Crippen molar-refractivity contribution in [3.8, 4) is 0 Å². The summed E-state index contributed by atoms with van der Waals surface area (Å²) in [6.07, 6.45) is 4.87. The molecule has 108 valence electrons. The van der Waals surface area contributed by atoms with Gasteiger partial charge in [-0.2, -0.15) is 0 Å². The molecule has 1 aromatic carbocycles. The van der Waals surface area contributed by atoms with Crippen LogP contribution in [0.4, 0.5) is 0 Å². The normalized spacial score (nSPS) is 14.3. The first-order valence-corrected chi connectivity index (χ1v) is 7.64. The zero-order valence-electron chi connectivity index (χ0n) is 12.9. The van der Waals surface area contributed by atoms with Gasteiger partial charge in [0.05, 0.1) is 12.1 Å². The van der Waals surface area contributed by atoms with Crippen LogP contribution >= 0.6 is 0 Å². The Kier molecular flexibility index (Phi) is 7.76. The maximum Gasteiger partial charge on any atom is 0.0769 e. The van der Waals surface area contributed by atoms with Crippen molar-refractivity contribution < 1.29 is 4.74 Å². The average molecular weight is 263 g/mol. The number of hydrogen-bond acceptors (Lipinski definition) is 2. The van der Waals surface area contributed by atoms with E-state index in [9.17, 15) is 0 Å². The number of nitrogens with one attached hydrogen (secondary N) is 1. The highest BCUT2D eigenvalue weighted by molar-refractivity contribution is 5.26. The minimum Gasteiger partial charge on any atom is -0.377 e. The monoisotopic (exact) mass is 263 g/mol. The summed E-state index contributed by atoms with van der Waals surface area (Å²) in [5.41, 5.74) is 2.75. The Morgan fingerprint density at radius 2 is 1.74 bits per heavy atom. The molecule has 2 nitrogen and oxygen atoms in total. The molecular weight excluding hydrogens is 234 g/mol. The van der Waals surface area contributed by atoms with Gasteiger partial charge in [0, 0.05) is 6.61 Å². The summed E-state index contributed by atoms with van der Waals surface area (Å²) >= 11 is 0. The van der Waals surface area contributed by atoms with Gasteiger partial charge in [0.15, 0.2) is 0 Å². The molecule has 0 spiro atoms. The zero-order chi connectivity index (χ0) is 14.1. The molecule has 0 fully saturated rings. The van der Waals surface area contributed by atoms with Gasteiger partial charge in [-0.3, -0.25) is 0 Å². The predicted molar refractivity (Wildman–Crippen MR) is 82.6 cm³/mol. The smallest absolute Gasteiger partial charge is 0.0769 e. The highest BCUT2D eigenvalue weighted by atomic mass is 16.5. The van der Waals surface area contributed by atoms with Crippen molar-refractivity contribution in [3.63, 3.8) is 0 Å². The Labute approximate surface area is 118 Å². The quantitative estimate of drug-likeness (QED) is 0.724. The van der Waals surface area contributed by atoms with Crippen molar-refractivity contribution in [3.05, 3.63) is 35.4 Å². The second kappa shape index (κ2) is 9.11. The van der Waals surface area contributed by atoms with Crippen molar-refractivity contribution in [1.82, 2.24) is 5.32 Å². The number of hydrogen-bond donors (Lipinski definition) is 1. The van der Waals surface area contributed by atoms with Crippen LogP contribution in [0.1, 0.15) is 57.2 Å². The molecule has 19 heavy (non-hydrogen) atoms. The zero-order valence-corrected chi connectivity index (χ0v) is 12.9. The molecule has 0 radical (unpaired) electrons. The van der Waals surface area contributed by atoms with E-state index in [4.69, 9.17) is 4.74 Å². The first kappa shape index (κ1) is 16.2. The Bertz CT molecular complexity index is 328. The van der Waals surface area contributed by atoms with E-state index in [1.54, 1.807) is 0 Å². The van der Waals surface area contributed by atoms with Crippen LogP contribution in [0.5, 0.6) is 0 Å². The molecular formula is C17H29NO. The molecule has 0 heterocycles. The summed E-state index contributed by atoms with van der Waals surface area (Å²) in [7, 11) is 2.02. The summed E-state index contributed by atoms with van der Waals surface area (Å²) in [6.45, 7) is 7.27. The van der Waals surface area contributed by atoms with E-state index in [1.807, 2.05) is 7.05 Å². The lowest BCUT2D eigenvalue weighted by Gasteiger charge is -2.27. The SMILES string of the molecule is CCCc1ccc(C(NC)C(CCC)OCC)cc1. The highest BCUT2D eigenvalue weighted by Crippen LogP contribution is 2.23. The number of rotatable bonds is 9. The molecule has 0 aliphatic rings. The van der Waals surface area contributed by atoms with Crippen LogP contribution in [0.25, 0.3) is 0 Å². The third kappa shape index (κ3) is 4.96. The van der Waals surface area contributed by atoms with Crippen LogP contribution in [-0.4, -0.2) is 19.8 Å². The minimum absolute atomic E-state index is 0.261. The summed E-state index contributed by atoms with van der Waals surface area (Å²) in [5, 5.41) is 3.41. The van der Waals surface area contributed by atoms with Gasteiger partial charge in [0.1, 0.15) is 0 Å². The number of ether oxygens (including phenoxy) is 1. The molecule has 0 aliphatic carbocycles.